The van der Waals surface area contributed by atoms with Crippen LogP contribution in [-0.4, -0.2) is 34.8 Å². The fraction of sp³-hybridized carbons (Fsp3) is 0.161. The zero-order valence-electron chi connectivity index (χ0n) is 21.5. The van der Waals surface area contributed by atoms with Gasteiger partial charge in [-0.15, -0.1) is 0 Å². The molecule has 198 valence electrons. The van der Waals surface area contributed by atoms with Gasteiger partial charge in [-0.2, -0.15) is 0 Å². The van der Waals surface area contributed by atoms with Gasteiger partial charge in [-0.3, -0.25) is 19.7 Å². The Labute approximate surface area is 226 Å². The average Bonchev–Trinajstić information content (AvgIpc) is 2.96. The molecule has 0 heterocycles. The quantitative estimate of drug-likeness (QED) is 0.223. The van der Waals surface area contributed by atoms with Crippen LogP contribution in [0.5, 0.6) is 5.75 Å². The van der Waals surface area contributed by atoms with Crippen LogP contribution >= 0.6 is 0 Å². The topological polar surface area (TPSA) is 116 Å². The van der Waals surface area contributed by atoms with E-state index in [4.69, 9.17) is 10.5 Å². The molecule has 0 aliphatic rings. The summed E-state index contributed by atoms with van der Waals surface area (Å²) in [5.74, 6) is -1.05. The third-order valence-corrected chi connectivity index (χ3v) is 6.56. The van der Waals surface area contributed by atoms with E-state index in [1.54, 1.807) is 31.4 Å². The Morgan fingerprint density at radius 1 is 0.846 bits per heavy atom. The minimum Gasteiger partial charge on any atom is -0.497 e. The van der Waals surface area contributed by atoms with Crippen molar-refractivity contribution < 1.29 is 19.2 Å². The highest BCUT2D eigenvalue weighted by molar-refractivity contribution is 5.92. The molecule has 0 saturated heterocycles. The van der Waals surface area contributed by atoms with Gasteiger partial charge in [0.05, 0.1) is 18.0 Å². The molecule has 2 N–H and O–H groups in total. The van der Waals surface area contributed by atoms with Crippen LogP contribution in [-0.2, 0) is 22.6 Å². The molecular formula is C31H29N3O5. The molecule has 8 heteroatoms. The second kappa shape index (κ2) is 12.5. The molecule has 8 nitrogen and oxygen atoms in total. The van der Waals surface area contributed by atoms with E-state index in [-0.39, 0.29) is 24.6 Å². The Kier molecular flexibility index (Phi) is 8.68. The lowest BCUT2D eigenvalue weighted by molar-refractivity contribution is -0.384. The minimum atomic E-state index is -1.06. The third kappa shape index (κ3) is 6.67. The molecule has 39 heavy (non-hydrogen) atoms. The van der Waals surface area contributed by atoms with Crippen molar-refractivity contribution in [1.82, 2.24) is 4.90 Å². The lowest BCUT2D eigenvalue weighted by Crippen LogP contribution is -2.50. The maximum atomic E-state index is 14.5. The second-order valence-corrected chi connectivity index (χ2v) is 9.12. The first-order valence-corrected chi connectivity index (χ1v) is 12.4. The van der Waals surface area contributed by atoms with E-state index >= 15 is 0 Å². The van der Waals surface area contributed by atoms with Gasteiger partial charge in [0.2, 0.25) is 11.8 Å². The van der Waals surface area contributed by atoms with E-state index in [0.29, 0.717) is 11.3 Å². The van der Waals surface area contributed by atoms with Gasteiger partial charge in [-0.25, -0.2) is 0 Å². The maximum Gasteiger partial charge on any atom is 0.269 e. The molecule has 0 aromatic heterocycles. The summed E-state index contributed by atoms with van der Waals surface area (Å²) in [7, 11) is 1.57. The van der Waals surface area contributed by atoms with Crippen LogP contribution in [0.25, 0.3) is 0 Å². The largest absolute Gasteiger partial charge is 0.497 e. The first-order chi connectivity index (χ1) is 18.9. The predicted octanol–water partition coefficient (Wildman–Crippen LogP) is 4.86. The van der Waals surface area contributed by atoms with Crippen LogP contribution in [0.3, 0.4) is 0 Å². The Hall–Kier alpha value is -4.98. The molecule has 2 amide bonds. The maximum absolute atomic E-state index is 14.5. The van der Waals surface area contributed by atoms with Gasteiger partial charge in [-0.1, -0.05) is 84.9 Å². The summed E-state index contributed by atoms with van der Waals surface area (Å²) in [4.78, 5) is 39.7. The molecule has 0 spiro atoms. The van der Waals surface area contributed by atoms with Crippen molar-refractivity contribution in [1.29, 1.82) is 0 Å². The van der Waals surface area contributed by atoms with E-state index < -0.39 is 22.8 Å². The van der Waals surface area contributed by atoms with Crippen LogP contribution in [0.15, 0.2) is 109 Å². The fourth-order valence-electron chi connectivity index (χ4n) is 4.59. The molecule has 0 aliphatic carbocycles. The van der Waals surface area contributed by atoms with Gasteiger partial charge in [0.25, 0.3) is 5.69 Å². The Bertz CT molecular complexity index is 1390. The van der Waals surface area contributed by atoms with E-state index in [9.17, 15) is 19.7 Å². The monoisotopic (exact) mass is 523 g/mol. The smallest absolute Gasteiger partial charge is 0.269 e. The number of benzene rings is 4. The van der Waals surface area contributed by atoms with Crippen molar-refractivity contribution >= 4 is 17.5 Å². The van der Waals surface area contributed by atoms with E-state index in [2.05, 4.69) is 0 Å². The summed E-state index contributed by atoms with van der Waals surface area (Å²) in [5, 5.41) is 11.4. The van der Waals surface area contributed by atoms with Crippen molar-refractivity contribution in [3.05, 3.63) is 142 Å². The van der Waals surface area contributed by atoms with Gasteiger partial charge in [-0.05, 0) is 34.4 Å². The minimum absolute atomic E-state index is 0.0230. The molecule has 0 fully saturated rings. The number of methoxy groups -OCH3 is 1. The van der Waals surface area contributed by atoms with Gasteiger partial charge < -0.3 is 15.4 Å². The number of amides is 2. The summed E-state index contributed by atoms with van der Waals surface area (Å²) >= 11 is 0. The molecule has 4 aromatic carbocycles. The lowest BCUT2D eigenvalue weighted by atomic mass is 9.89. The Balaban J connectivity index is 1.79. The number of rotatable bonds is 11. The van der Waals surface area contributed by atoms with E-state index in [0.717, 1.165) is 16.7 Å². The number of nitro groups is 1. The first kappa shape index (κ1) is 27.1. The summed E-state index contributed by atoms with van der Waals surface area (Å²) in [6, 6.07) is 30.9. The SMILES string of the molecule is COc1ccc(CN(C(=O)C(c2ccccc2)c2ccccc2)[C@H](Cc2cccc([N+](=O)[O-])c2)C(N)=O)cc1. The number of nitro benzene ring substituents is 1. The second-order valence-electron chi connectivity index (χ2n) is 9.12. The normalized spacial score (nSPS) is 11.5. The van der Waals surface area contributed by atoms with Crippen LogP contribution in [0.2, 0.25) is 0 Å². The van der Waals surface area contributed by atoms with Crippen molar-refractivity contribution in [2.75, 3.05) is 7.11 Å². The number of carbonyl (C=O) groups is 2. The fourth-order valence-corrected chi connectivity index (χ4v) is 4.59. The third-order valence-electron chi connectivity index (χ3n) is 6.56. The van der Waals surface area contributed by atoms with Crippen LogP contribution < -0.4 is 10.5 Å². The highest BCUT2D eigenvalue weighted by atomic mass is 16.6. The zero-order valence-corrected chi connectivity index (χ0v) is 21.5. The molecule has 0 unspecified atom stereocenters. The van der Waals surface area contributed by atoms with Gasteiger partial charge in [0, 0.05) is 25.1 Å². The molecular weight excluding hydrogens is 494 g/mol. The van der Waals surface area contributed by atoms with Crippen LogP contribution in [0.4, 0.5) is 5.69 Å². The van der Waals surface area contributed by atoms with E-state index in [1.165, 1.54) is 17.0 Å². The number of primary amides is 1. The Morgan fingerprint density at radius 2 is 1.44 bits per heavy atom. The highest BCUT2D eigenvalue weighted by Gasteiger charge is 2.35. The zero-order chi connectivity index (χ0) is 27.8. The highest BCUT2D eigenvalue weighted by Crippen LogP contribution is 2.30. The predicted molar refractivity (Wildman–Crippen MR) is 148 cm³/mol. The van der Waals surface area contributed by atoms with Crippen LogP contribution in [0.1, 0.15) is 28.2 Å². The molecule has 0 radical (unpaired) electrons. The number of carbonyl (C=O) groups excluding carboxylic acids is 2. The van der Waals surface area contributed by atoms with Crippen molar-refractivity contribution in [2.45, 2.75) is 24.9 Å². The molecule has 4 aromatic rings. The summed E-state index contributed by atoms with van der Waals surface area (Å²) in [6.45, 7) is 0.0987. The number of non-ortho nitro benzene ring substituents is 1. The standard InChI is InChI=1S/C31H29N3O5/c1-39-27-17-15-22(16-18-27)21-33(28(30(32)35)20-23-9-8-14-26(19-23)34(37)38)31(36)29(24-10-4-2-5-11-24)25-12-6-3-7-13-25/h2-19,28-29H,20-21H2,1H3,(H2,32,35)/t28-/m1/s1. The number of nitrogens with two attached hydrogens (primary N) is 1. The van der Waals surface area contributed by atoms with E-state index in [1.807, 2.05) is 72.8 Å². The molecule has 4 rings (SSSR count). The first-order valence-electron chi connectivity index (χ1n) is 12.4. The van der Waals surface area contributed by atoms with Gasteiger partial charge in [0.1, 0.15) is 11.8 Å². The summed E-state index contributed by atoms with van der Waals surface area (Å²) < 4.78 is 5.26. The van der Waals surface area contributed by atoms with Gasteiger partial charge in [0.15, 0.2) is 0 Å². The number of hydrogen-bond acceptors (Lipinski definition) is 5. The lowest BCUT2D eigenvalue weighted by Gasteiger charge is -2.33. The summed E-state index contributed by atoms with van der Waals surface area (Å²) in [6.07, 6.45) is 0.0230. The molecule has 0 aliphatic heterocycles. The van der Waals surface area contributed by atoms with Gasteiger partial charge >= 0.3 is 0 Å². The van der Waals surface area contributed by atoms with Crippen molar-refractivity contribution in [3.8, 4) is 5.75 Å². The van der Waals surface area contributed by atoms with Crippen molar-refractivity contribution in [2.24, 2.45) is 5.73 Å². The number of nitrogens with zero attached hydrogens (tertiary/aromatic N) is 2. The number of ether oxygens (including phenoxy) is 1. The molecule has 1 atom stereocenters. The average molecular weight is 524 g/mol. The van der Waals surface area contributed by atoms with Crippen LogP contribution in [0, 0.1) is 10.1 Å². The number of hydrogen-bond donors (Lipinski definition) is 1. The Morgan fingerprint density at radius 3 is 1.95 bits per heavy atom. The molecule has 0 saturated carbocycles. The van der Waals surface area contributed by atoms with Crippen molar-refractivity contribution in [3.63, 3.8) is 0 Å². The molecule has 0 bridgehead atoms. The summed E-state index contributed by atoms with van der Waals surface area (Å²) in [5.41, 5.74) is 8.65.